The first-order valence-electron chi connectivity index (χ1n) is 16.3. The zero-order valence-electron chi connectivity index (χ0n) is 28.3. The lowest BCUT2D eigenvalue weighted by Gasteiger charge is -2.16. The van der Waals surface area contributed by atoms with Crippen molar-refractivity contribution in [2.45, 2.75) is 53.4 Å². The maximum absolute atomic E-state index is 13.4. The van der Waals surface area contributed by atoms with Crippen LogP contribution >= 0.6 is 0 Å². The van der Waals surface area contributed by atoms with Gasteiger partial charge in [-0.1, -0.05) is 54.6 Å². The van der Waals surface area contributed by atoms with Crippen LogP contribution in [0.25, 0.3) is 33.5 Å². The average molecular weight is 686 g/mol. The first kappa shape index (κ1) is 35.3. The number of hydrazine groups is 1. The lowest BCUT2D eigenvalue weighted by atomic mass is 9.98. The van der Waals surface area contributed by atoms with Gasteiger partial charge in [0, 0.05) is 18.9 Å². The number of H-pyrrole nitrogens is 1. The summed E-state index contributed by atoms with van der Waals surface area (Å²) in [6, 6.07) is 21.3. The van der Waals surface area contributed by atoms with E-state index in [9.17, 15) is 14.8 Å². The summed E-state index contributed by atoms with van der Waals surface area (Å²) >= 11 is 0. The Morgan fingerprint density at radius 2 is 1.76 bits per heavy atom. The second-order valence-electron chi connectivity index (χ2n) is 10.9. The van der Waals surface area contributed by atoms with E-state index >= 15 is 0 Å². The number of aromatic amines is 1. The van der Waals surface area contributed by atoms with Crippen LogP contribution in [0.3, 0.4) is 0 Å². The number of para-hydroxylation sites is 1. The van der Waals surface area contributed by atoms with Crippen molar-refractivity contribution < 1.29 is 33.6 Å². The molecule has 0 spiro atoms. The van der Waals surface area contributed by atoms with Crippen molar-refractivity contribution in [1.29, 1.82) is 0 Å². The molecule has 0 fully saturated rings. The number of fused-ring (bicyclic) bond motifs is 1. The van der Waals surface area contributed by atoms with E-state index in [1.54, 1.807) is 18.2 Å². The molecule has 1 atom stereocenters. The average Bonchev–Trinajstić information content (AvgIpc) is 3.78. The molecule has 0 aliphatic carbocycles. The lowest BCUT2D eigenvalue weighted by molar-refractivity contribution is -0.710. The Balaban J connectivity index is 1.26. The summed E-state index contributed by atoms with van der Waals surface area (Å²) in [5.74, 6) is -0.787. The van der Waals surface area contributed by atoms with Gasteiger partial charge in [-0.3, -0.25) is 9.36 Å². The van der Waals surface area contributed by atoms with Crippen LogP contribution in [-0.2, 0) is 25.7 Å². The number of ether oxygens (including phenoxy) is 3. The third-order valence-corrected chi connectivity index (χ3v) is 7.63. The molecular weight excluding hydrogens is 646 g/mol. The number of carbonyl (C=O) groups is 2. The summed E-state index contributed by atoms with van der Waals surface area (Å²) in [7, 11) is 0. The van der Waals surface area contributed by atoms with E-state index in [-0.39, 0.29) is 25.0 Å². The highest BCUT2D eigenvalue weighted by Gasteiger charge is 2.23. The number of nitrogens with zero attached hydrogens (tertiary/aromatic N) is 8. The van der Waals surface area contributed by atoms with Crippen LogP contribution in [0.1, 0.15) is 56.5 Å². The SMILES string of the molecule is CCOc1nc2cccc(C(=O)OC(C)OC(=O)CCCO/N=[N+](\[O-])N(CC)CC)c2n1Cc1ccc(-c2ccccc2-c2nn[nH]n2)cc1. The number of imidazole rings is 1. The lowest BCUT2D eigenvalue weighted by Crippen LogP contribution is -2.30. The fraction of sp³-hybridized carbons (Fsp3) is 0.353. The van der Waals surface area contributed by atoms with E-state index in [4.69, 9.17) is 19.0 Å². The van der Waals surface area contributed by atoms with Crippen LogP contribution in [0, 0.1) is 5.21 Å². The molecule has 0 saturated heterocycles. The normalized spacial score (nSPS) is 12.0. The highest BCUT2D eigenvalue weighted by atomic mass is 16.7. The van der Waals surface area contributed by atoms with Gasteiger partial charge in [-0.25, -0.2) is 4.79 Å². The third kappa shape index (κ3) is 8.50. The molecule has 0 amide bonds. The molecule has 0 saturated carbocycles. The third-order valence-electron chi connectivity index (χ3n) is 7.63. The van der Waals surface area contributed by atoms with Crippen molar-refractivity contribution in [3.05, 3.63) is 83.1 Å². The molecule has 0 aliphatic heterocycles. The van der Waals surface area contributed by atoms with Crippen molar-refractivity contribution in [2.24, 2.45) is 5.28 Å². The molecule has 50 heavy (non-hydrogen) atoms. The van der Waals surface area contributed by atoms with Gasteiger partial charge in [0.05, 0.1) is 47.8 Å². The van der Waals surface area contributed by atoms with E-state index in [1.807, 2.05) is 73.9 Å². The van der Waals surface area contributed by atoms with Gasteiger partial charge in [-0.15, -0.1) is 15.2 Å². The molecule has 5 rings (SSSR count). The molecule has 2 heterocycles. The number of carbonyl (C=O) groups excluding carboxylic acids is 2. The topological polar surface area (TPSA) is 185 Å². The highest BCUT2D eigenvalue weighted by Crippen LogP contribution is 2.31. The van der Waals surface area contributed by atoms with Gasteiger partial charge in [-0.2, -0.15) is 10.2 Å². The molecule has 0 radical (unpaired) electrons. The van der Waals surface area contributed by atoms with Crippen molar-refractivity contribution in [2.75, 3.05) is 26.3 Å². The summed E-state index contributed by atoms with van der Waals surface area (Å²) < 4.78 is 18.5. The standard InChI is InChI=1S/C34H39N9O7/c1-5-41(6-2)43(46)40-48-21-11-16-30(44)49-23(4)50-33(45)28-14-10-15-29-31(28)42(34(35-29)47-7-3)22-24-17-19-25(20-18-24)26-12-8-9-13-27(26)32-36-38-39-37-32/h8-10,12-15,17-20,23H,5-7,11,16,21-22H2,1-4H3,(H,36,37,38,39)/b43-40-. The molecule has 0 bridgehead atoms. The fourth-order valence-electron chi connectivity index (χ4n) is 5.26. The Bertz CT molecular complexity index is 1910. The van der Waals surface area contributed by atoms with Crippen molar-refractivity contribution in [1.82, 2.24) is 35.2 Å². The maximum Gasteiger partial charge on any atom is 0.343 e. The van der Waals surface area contributed by atoms with Crippen LogP contribution < -0.4 is 4.74 Å². The number of hydrogen-bond acceptors (Lipinski definition) is 12. The minimum Gasteiger partial charge on any atom is -0.569 e. The largest absolute Gasteiger partial charge is 0.569 e. The van der Waals surface area contributed by atoms with Gasteiger partial charge in [-0.05, 0) is 61.2 Å². The van der Waals surface area contributed by atoms with Gasteiger partial charge in [0.15, 0.2) is 0 Å². The summed E-state index contributed by atoms with van der Waals surface area (Å²) in [6.07, 6.45) is -0.940. The van der Waals surface area contributed by atoms with Crippen molar-refractivity contribution >= 4 is 23.0 Å². The minimum atomic E-state index is -1.17. The molecule has 262 valence electrons. The van der Waals surface area contributed by atoms with Crippen LogP contribution in [0.2, 0.25) is 0 Å². The number of benzene rings is 3. The number of nitrogens with one attached hydrogen (secondary N) is 1. The van der Waals surface area contributed by atoms with E-state index < -0.39 is 18.2 Å². The minimum absolute atomic E-state index is 0.0247. The zero-order valence-corrected chi connectivity index (χ0v) is 28.3. The predicted octanol–water partition coefficient (Wildman–Crippen LogP) is 5.31. The second-order valence-corrected chi connectivity index (χ2v) is 10.9. The number of rotatable bonds is 17. The Hall–Kier alpha value is -6.06. The van der Waals surface area contributed by atoms with Crippen molar-refractivity contribution in [3.63, 3.8) is 0 Å². The van der Waals surface area contributed by atoms with Crippen LogP contribution in [0.5, 0.6) is 6.01 Å². The quantitative estimate of drug-likeness (QED) is 0.0333. The van der Waals surface area contributed by atoms with Gasteiger partial charge in [0.2, 0.25) is 17.4 Å². The van der Waals surface area contributed by atoms with Gasteiger partial charge >= 0.3 is 11.9 Å². The maximum atomic E-state index is 13.4. The van der Waals surface area contributed by atoms with Crippen LogP contribution in [0.15, 0.2) is 72.0 Å². The molecule has 5 aromatic rings. The van der Waals surface area contributed by atoms with Gasteiger partial charge in [0.1, 0.15) is 6.61 Å². The molecule has 16 nitrogen and oxygen atoms in total. The summed E-state index contributed by atoms with van der Waals surface area (Å²) in [6.45, 7) is 8.68. The summed E-state index contributed by atoms with van der Waals surface area (Å²) in [4.78, 5) is 35.8. The van der Waals surface area contributed by atoms with Crippen molar-refractivity contribution in [3.8, 4) is 28.5 Å². The van der Waals surface area contributed by atoms with Crippen LogP contribution in [-0.4, -0.2) is 84.7 Å². The van der Waals surface area contributed by atoms with E-state index in [2.05, 4.69) is 30.9 Å². The van der Waals surface area contributed by atoms with E-state index in [1.165, 1.54) is 11.9 Å². The number of hydrogen-bond donors (Lipinski definition) is 1. The first-order valence-corrected chi connectivity index (χ1v) is 16.3. The zero-order chi connectivity index (χ0) is 35.5. The van der Waals surface area contributed by atoms with Gasteiger partial charge < -0.3 is 24.3 Å². The number of aromatic nitrogens is 6. The second kappa shape index (κ2) is 16.9. The van der Waals surface area contributed by atoms with Crippen LogP contribution in [0.4, 0.5) is 0 Å². The Kier molecular flexibility index (Phi) is 11.9. The predicted molar refractivity (Wildman–Crippen MR) is 180 cm³/mol. The molecule has 2 aromatic heterocycles. The Morgan fingerprint density at radius 1 is 1.00 bits per heavy atom. The Labute approximate surface area is 288 Å². The molecule has 3 aromatic carbocycles. The molecular formula is C34H39N9O7. The number of esters is 2. The molecule has 1 N–H and O–H groups in total. The molecule has 16 heteroatoms. The molecule has 1 unspecified atom stereocenters. The highest BCUT2D eigenvalue weighted by molar-refractivity contribution is 6.02. The summed E-state index contributed by atoms with van der Waals surface area (Å²) in [5.41, 5.74) is 5.00. The van der Waals surface area contributed by atoms with Gasteiger partial charge in [0.25, 0.3) is 6.01 Å². The van der Waals surface area contributed by atoms with E-state index in [0.717, 1.165) is 22.3 Å². The van der Waals surface area contributed by atoms with E-state index in [0.29, 0.717) is 54.1 Å². The first-order chi connectivity index (χ1) is 24.3. The fourth-order valence-corrected chi connectivity index (χ4v) is 5.26. The molecule has 0 aliphatic rings. The Morgan fingerprint density at radius 3 is 2.46 bits per heavy atom. The summed E-state index contributed by atoms with van der Waals surface area (Å²) in [5, 5.41) is 31.1. The monoisotopic (exact) mass is 685 g/mol. The smallest absolute Gasteiger partial charge is 0.343 e. The number of tetrazole rings is 1.